The van der Waals surface area contributed by atoms with Gasteiger partial charge in [0.05, 0.1) is 23.0 Å². The largest absolute Gasteiger partial charge is 0.389 e. The first-order chi connectivity index (χ1) is 11.0. The molecule has 0 aromatic carbocycles. The molecule has 0 aliphatic carbocycles. The van der Waals surface area contributed by atoms with Crippen LogP contribution in [0.2, 0.25) is 0 Å². The number of carbonyl (C=O) groups is 1. The zero-order chi connectivity index (χ0) is 18.1. The molecule has 7 nitrogen and oxygen atoms in total. The summed E-state index contributed by atoms with van der Waals surface area (Å²) in [5.74, 6) is 0. The fourth-order valence-electron chi connectivity index (χ4n) is 2.98. The third-order valence-electron chi connectivity index (χ3n) is 4.10. The van der Waals surface area contributed by atoms with Crippen LogP contribution in [-0.4, -0.2) is 68.5 Å². The van der Waals surface area contributed by atoms with Gasteiger partial charge in [0, 0.05) is 38.4 Å². The predicted octanol–water partition coefficient (Wildman–Crippen LogP) is 1.95. The van der Waals surface area contributed by atoms with Crippen molar-refractivity contribution in [2.45, 2.75) is 58.7 Å². The monoisotopic (exact) mass is 337 g/mol. The Labute approximate surface area is 144 Å². The number of hydrogen-bond donors (Lipinski definition) is 2. The number of aromatic nitrogens is 2. The van der Waals surface area contributed by atoms with E-state index in [9.17, 15) is 9.90 Å². The number of nitrogens with zero attached hydrogens (tertiary/aromatic N) is 4. The number of piperazine rings is 1. The van der Waals surface area contributed by atoms with Gasteiger partial charge < -0.3 is 15.3 Å². The Morgan fingerprint density at radius 2 is 2.00 bits per heavy atom. The zero-order valence-corrected chi connectivity index (χ0v) is 15.7. The van der Waals surface area contributed by atoms with Crippen molar-refractivity contribution < 1.29 is 9.90 Å². The summed E-state index contributed by atoms with van der Waals surface area (Å²) < 4.78 is 1.84. The molecular formula is C17H31N5O2. The number of carbonyl (C=O) groups excluding carboxylic acids is 1. The summed E-state index contributed by atoms with van der Waals surface area (Å²) in [5.41, 5.74) is -0.119. The van der Waals surface area contributed by atoms with Crippen LogP contribution in [0.15, 0.2) is 12.4 Å². The lowest BCUT2D eigenvalue weighted by Gasteiger charge is -2.41. The van der Waals surface area contributed by atoms with Gasteiger partial charge in [-0.25, -0.2) is 4.79 Å². The Morgan fingerprint density at radius 3 is 2.50 bits per heavy atom. The molecule has 2 rings (SSSR count). The highest BCUT2D eigenvalue weighted by atomic mass is 16.3. The zero-order valence-electron chi connectivity index (χ0n) is 15.7. The van der Waals surface area contributed by atoms with Crippen molar-refractivity contribution in [2.24, 2.45) is 0 Å². The molecule has 7 heteroatoms. The molecule has 1 aliphatic heterocycles. The molecule has 0 unspecified atom stereocenters. The van der Waals surface area contributed by atoms with Crippen LogP contribution >= 0.6 is 0 Å². The van der Waals surface area contributed by atoms with E-state index in [2.05, 4.69) is 36.1 Å². The molecule has 2 N–H and O–H groups in total. The molecule has 1 aromatic heterocycles. The van der Waals surface area contributed by atoms with E-state index in [1.165, 1.54) is 0 Å². The minimum atomic E-state index is -0.717. The van der Waals surface area contributed by atoms with Crippen LogP contribution in [0.25, 0.3) is 0 Å². The van der Waals surface area contributed by atoms with Crippen LogP contribution in [0.4, 0.5) is 10.5 Å². The fraction of sp³-hybridized carbons (Fsp3) is 0.765. The highest BCUT2D eigenvalue weighted by Gasteiger charge is 2.30. The molecule has 1 aromatic rings. The van der Waals surface area contributed by atoms with Crippen LogP contribution in [0, 0.1) is 0 Å². The molecular weight excluding hydrogens is 306 g/mol. The van der Waals surface area contributed by atoms with Crippen molar-refractivity contribution in [3.63, 3.8) is 0 Å². The smallest absolute Gasteiger partial charge is 0.322 e. The van der Waals surface area contributed by atoms with E-state index in [0.29, 0.717) is 18.8 Å². The second-order valence-electron chi connectivity index (χ2n) is 8.36. The first-order valence-electron chi connectivity index (χ1n) is 8.53. The minimum Gasteiger partial charge on any atom is -0.389 e. The summed E-state index contributed by atoms with van der Waals surface area (Å²) in [7, 11) is 0. The van der Waals surface area contributed by atoms with Gasteiger partial charge in [0.2, 0.25) is 0 Å². The van der Waals surface area contributed by atoms with Crippen molar-refractivity contribution in [3.8, 4) is 0 Å². The van der Waals surface area contributed by atoms with Gasteiger partial charge in [-0.3, -0.25) is 9.58 Å². The van der Waals surface area contributed by atoms with E-state index in [-0.39, 0.29) is 17.6 Å². The van der Waals surface area contributed by atoms with E-state index in [0.717, 1.165) is 13.1 Å². The number of rotatable bonds is 3. The molecule has 2 heterocycles. The van der Waals surface area contributed by atoms with Gasteiger partial charge in [-0.2, -0.15) is 5.10 Å². The highest BCUT2D eigenvalue weighted by Crippen LogP contribution is 2.18. The van der Waals surface area contributed by atoms with E-state index in [1.807, 2.05) is 36.5 Å². The molecule has 24 heavy (non-hydrogen) atoms. The Kier molecular flexibility index (Phi) is 5.25. The first-order valence-corrected chi connectivity index (χ1v) is 8.53. The third-order valence-corrected chi connectivity index (χ3v) is 4.10. The number of hydrogen-bond acceptors (Lipinski definition) is 4. The van der Waals surface area contributed by atoms with Gasteiger partial charge in [0.15, 0.2) is 0 Å². The van der Waals surface area contributed by atoms with E-state index < -0.39 is 5.60 Å². The summed E-state index contributed by atoms with van der Waals surface area (Å²) in [5, 5.41) is 17.2. The second kappa shape index (κ2) is 6.72. The molecule has 1 saturated heterocycles. The van der Waals surface area contributed by atoms with Gasteiger partial charge >= 0.3 is 6.03 Å². The Morgan fingerprint density at radius 1 is 1.33 bits per heavy atom. The van der Waals surface area contributed by atoms with E-state index in [4.69, 9.17) is 0 Å². The Bertz CT molecular complexity index is 570. The number of β-amino-alcohol motifs (C(OH)–C–C–N with tert-alkyl or cyclic N) is 1. The summed E-state index contributed by atoms with van der Waals surface area (Å²) in [4.78, 5) is 16.6. The summed E-state index contributed by atoms with van der Waals surface area (Å²) in [6, 6.07) is -0.00220. The van der Waals surface area contributed by atoms with Crippen LogP contribution in [0.1, 0.15) is 41.5 Å². The maximum atomic E-state index is 12.5. The lowest BCUT2D eigenvalue weighted by molar-refractivity contribution is 0.0130. The standard InChI is InChI=1S/C17H31N5O2/c1-13-10-20(12-17(5,6)24)7-8-21(13)15(23)19-14-9-18-22(11-14)16(2,3)4/h9,11,13,24H,7-8,10,12H2,1-6H3,(H,19,23)/t13-/m0/s1. The molecule has 1 atom stereocenters. The molecule has 2 amide bonds. The van der Waals surface area contributed by atoms with Gasteiger partial charge in [-0.1, -0.05) is 0 Å². The topological polar surface area (TPSA) is 73.6 Å². The van der Waals surface area contributed by atoms with Crippen LogP contribution in [0.5, 0.6) is 0 Å². The number of nitrogens with one attached hydrogen (secondary N) is 1. The molecule has 0 saturated carbocycles. The maximum absolute atomic E-state index is 12.5. The molecule has 0 spiro atoms. The molecule has 1 aliphatic rings. The van der Waals surface area contributed by atoms with Crippen molar-refractivity contribution in [1.29, 1.82) is 0 Å². The van der Waals surface area contributed by atoms with Crippen LogP contribution in [0.3, 0.4) is 0 Å². The third kappa shape index (κ3) is 4.95. The van der Waals surface area contributed by atoms with Gasteiger partial charge in [-0.15, -0.1) is 0 Å². The number of amides is 2. The van der Waals surface area contributed by atoms with E-state index in [1.54, 1.807) is 6.20 Å². The van der Waals surface area contributed by atoms with Crippen LogP contribution < -0.4 is 5.32 Å². The molecule has 0 bridgehead atoms. The fourth-order valence-corrected chi connectivity index (χ4v) is 2.98. The van der Waals surface area contributed by atoms with Gasteiger partial charge in [0.25, 0.3) is 0 Å². The number of anilines is 1. The lowest BCUT2D eigenvalue weighted by atomic mass is 10.1. The van der Waals surface area contributed by atoms with E-state index >= 15 is 0 Å². The van der Waals surface area contributed by atoms with Crippen LogP contribution in [-0.2, 0) is 5.54 Å². The predicted molar refractivity (Wildman–Crippen MR) is 95.1 cm³/mol. The van der Waals surface area contributed by atoms with Gasteiger partial charge in [0.1, 0.15) is 0 Å². The van der Waals surface area contributed by atoms with Crippen molar-refractivity contribution >= 4 is 11.7 Å². The average molecular weight is 337 g/mol. The van der Waals surface area contributed by atoms with Gasteiger partial charge in [-0.05, 0) is 41.5 Å². The number of urea groups is 1. The SMILES string of the molecule is C[C@H]1CN(CC(C)(C)O)CCN1C(=O)Nc1cnn(C(C)(C)C)c1. The maximum Gasteiger partial charge on any atom is 0.322 e. The highest BCUT2D eigenvalue weighted by molar-refractivity contribution is 5.89. The van der Waals surface area contributed by atoms with Crippen molar-refractivity contribution in [2.75, 3.05) is 31.5 Å². The van der Waals surface area contributed by atoms with Crippen molar-refractivity contribution in [1.82, 2.24) is 19.6 Å². The Hall–Kier alpha value is -1.60. The quantitative estimate of drug-likeness (QED) is 0.884. The first kappa shape index (κ1) is 18.7. The summed E-state index contributed by atoms with van der Waals surface area (Å²) >= 11 is 0. The van der Waals surface area contributed by atoms with Crippen molar-refractivity contribution in [3.05, 3.63) is 12.4 Å². The molecule has 136 valence electrons. The lowest BCUT2D eigenvalue weighted by Crippen LogP contribution is -2.57. The second-order valence-corrected chi connectivity index (χ2v) is 8.36. The normalized spacial score (nSPS) is 20.3. The summed E-state index contributed by atoms with van der Waals surface area (Å²) in [6.45, 7) is 14.6. The summed E-state index contributed by atoms with van der Waals surface area (Å²) in [6.07, 6.45) is 3.53. The number of aliphatic hydroxyl groups is 1. The molecule has 1 fully saturated rings. The molecule has 0 radical (unpaired) electrons. The minimum absolute atomic E-state index is 0.0961. The Balaban J connectivity index is 1.93. The average Bonchev–Trinajstić information content (AvgIpc) is 2.85.